The van der Waals surface area contributed by atoms with Crippen LogP contribution in [0.3, 0.4) is 0 Å². The van der Waals surface area contributed by atoms with E-state index in [0.29, 0.717) is 0 Å². The molecule has 0 spiro atoms. The summed E-state index contributed by atoms with van der Waals surface area (Å²) in [5.41, 5.74) is 7.10. The van der Waals surface area contributed by atoms with Crippen LogP contribution in [0.25, 0.3) is 11.6 Å². The van der Waals surface area contributed by atoms with Crippen molar-refractivity contribution in [3.8, 4) is 12.3 Å². The number of hydrogen-bond donors (Lipinski definition) is 0. The van der Waals surface area contributed by atoms with Crippen LogP contribution in [0.4, 0.5) is 0 Å². The Balaban J connectivity index is 0.00000190. The summed E-state index contributed by atoms with van der Waals surface area (Å²) in [6, 6.07) is 16.8. The van der Waals surface area contributed by atoms with E-state index in [9.17, 15) is 0 Å². The maximum absolute atomic E-state index is 5.86. The first-order valence-electron chi connectivity index (χ1n) is 9.87. The van der Waals surface area contributed by atoms with Gasteiger partial charge in [0.05, 0.1) is 5.92 Å². The van der Waals surface area contributed by atoms with E-state index in [0.717, 1.165) is 5.56 Å². The molecule has 144 valence electrons. The third kappa shape index (κ3) is 6.29. The van der Waals surface area contributed by atoms with E-state index >= 15 is 0 Å². The second kappa shape index (κ2) is 12.4. The first-order valence-corrected chi connectivity index (χ1v) is 9.87. The molecule has 0 heteroatoms. The zero-order valence-electron chi connectivity index (χ0n) is 17.9. The molecule has 0 saturated carbocycles. The van der Waals surface area contributed by atoms with Crippen LogP contribution < -0.4 is 0 Å². The summed E-state index contributed by atoms with van der Waals surface area (Å²) in [5, 5.41) is 0. The van der Waals surface area contributed by atoms with Gasteiger partial charge in [-0.1, -0.05) is 99.2 Å². The average molecular weight is 369 g/mol. The minimum atomic E-state index is -0.0584. The number of aryl methyl sites for hydroxylation is 1. The predicted octanol–water partition coefficient (Wildman–Crippen LogP) is 7.99. The number of terminal acetylenes is 1. The highest BCUT2D eigenvalue weighted by atomic mass is 14.1. The van der Waals surface area contributed by atoms with Crippen molar-refractivity contribution in [1.82, 2.24) is 0 Å². The maximum atomic E-state index is 5.86. The van der Waals surface area contributed by atoms with Gasteiger partial charge >= 0.3 is 0 Å². The van der Waals surface area contributed by atoms with Gasteiger partial charge < -0.3 is 0 Å². The Bertz CT molecular complexity index is 883. The normalized spacial score (nSPS) is 12.7. The van der Waals surface area contributed by atoms with E-state index in [1.165, 1.54) is 27.8 Å². The van der Waals surface area contributed by atoms with Gasteiger partial charge in [-0.05, 0) is 60.2 Å². The van der Waals surface area contributed by atoms with Crippen LogP contribution >= 0.6 is 0 Å². The Labute approximate surface area is 172 Å². The van der Waals surface area contributed by atoms with Gasteiger partial charge in [0.1, 0.15) is 0 Å². The number of allylic oxidation sites excluding steroid dienone is 6. The standard InChI is InChI=1S/C26H26.C2H6/c1-6-12-20(4)25(8-3)24-17-15-21(5)26(19-24)23(7-2)18-16-22-13-10-9-11-14-22;1-2/h2,6,8-19,23H,1H2,3-5H3;1-2H3/b18-16+,20-12-,25-8+;. The molecule has 0 bridgehead atoms. The van der Waals surface area contributed by atoms with Gasteiger partial charge in [0.25, 0.3) is 0 Å². The second-order valence-electron chi connectivity index (χ2n) is 6.27. The number of benzene rings is 2. The fraction of sp³-hybridized carbons (Fsp3) is 0.214. The summed E-state index contributed by atoms with van der Waals surface area (Å²) >= 11 is 0. The Morgan fingerprint density at radius 3 is 2.36 bits per heavy atom. The van der Waals surface area contributed by atoms with E-state index in [1.807, 2.05) is 44.2 Å². The lowest BCUT2D eigenvalue weighted by molar-refractivity contribution is 1.10. The Morgan fingerprint density at radius 2 is 1.79 bits per heavy atom. The molecule has 0 N–H and O–H groups in total. The van der Waals surface area contributed by atoms with Crippen LogP contribution in [0, 0.1) is 19.3 Å². The van der Waals surface area contributed by atoms with Gasteiger partial charge in [-0.2, -0.15) is 0 Å². The van der Waals surface area contributed by atoms with E-state index in [2.05, 4.69) is 81.8 Å². The topological polar surface area (TPSA) is 0 Å². The molecule has 0 aliphatic carbocycles. The van der Waals surface area contributed by atoms with Crippen molar-refractivity contribution in [3.05, 3.63) is 107 Å². The molecule has 0 saturated heterocycles. The monoisotopic (exact) mass is 368 g/mol. The molecule has 0 heterocycles. The molecule has 0 aliphatic rings. The first-order chi connectivity index (χ1) is 13.6. The third-order valence-electron chi connectivity index (χ3n) is 4.47. The lowest BCUT2D eigenvalue weighted by atomic mass is 9.89. The fourth-order valence-corrected chi connectivity index (χ4v) is 3.05. The summed E-state index contributed by atoms with van der Waals surface area (Å²) in [6.07, 6.45) is 16.0. The molecule has 0 aromatic heterocycles. The van der Waals surface area contributed by atoms with Gasteiger partial charge in [-0.15, -0.1) is 6.42 Å². The zero-order valence-corrected chi connectivity index (χ0v) is 17.9. The largest absolute Gasteiger partial charge is 0.119 e. The highest BCUT2D eigenvalue weighted by Crippen LogP contribution is 2.29. The van der Waals surface area contributed by atoms with Crippen molar-refractivity contribution in [2.45, 2.75) is 40.5 Å². The molecule has 0 aliphatic heterocycles. The Hall–Kier alpha value is -3.04. The number of rotatable bonds is 6. The predicted molar refractivity (Wildman–Crippen MR) is 127 cm³/mol. The van der Waals surface area contributed by atoms with Gasteiger partial charge in [0, 0.05) is 0 Å². The van der Waals surface area contributed by atoms with Crippen LogP contribution in [0.5, 0.6) is 0 Å². The summed E-state index contributed by atoms with van der Waals surface area (Å²) in [7, 11) is 0. The SMILES string of the molecule is C#CC(/C=C/c1ccccc1)c1cc(C(=C/C)/C(C)=C\C=C)ccc1C.CC. The highest BCUT2D eigenvalue weighted by molar-refractivity contribution is 5.79. The summed E-state index contributed by atoms with van der Waals surface area (Å²) in [4.78, 5) is 0. The van der Waals surface area contributed by atoms with Crippen molar-refractivity contribution in [3.63, 3.8) is 0 Å². The Morgan fingerprint density at radius 1 is 1.11 bits per heavy atom. The van der Waals surface area contributed by atoms with Gasteiger partial charge in [-0.3, -0.25) is 0 Å². The highest BCUT2D eigenvalue weighted by Gasteiger charge is 2.11. The van der Waals surface area contributed by atoms with Crippen molar-refractivity contribution in [2.24, 2.45) is 0 Å². The van der Waals surface area contributed by atoms with Crippen LogP contribution in [0.15, 0.2) is 85.0 Å². The van der Waals surface area contributed by atoms with E-state index in [-0.39, 0.29) is 5.92 Å². The molecule has 0 radical (unpaired) electrons. The lowest BCUT2D eigenvalue weighted by Gasteiger charge is -2.15. The van der Waals surface area contributed by atoms with Crippen molar-refractivity contribution < 1.29 is 0 Å². The maximum Gasteiger partial charge on any atom is 0.0636 e. The molecule has 1 unspecified atom stereocenters. The molecule has 0 amide bonds. The average Bonchev–Trinajstić information content (AvgIpc) is 2.73. The summed E-state index contributed by atoms with van der Waals surface area (Å²) in [5.74, 6) is 2.87. The molecule has 28 heavy (non-hydrogen) atoms. The summed E-state index contributed by atoms with van der Waals surface area (Å²) in [6.45, 7) is 14.1. The molecule has 0 fully saturated rings. The van der Waals surface area contributed by atoms with Gasteiger partial charge in [0.15, 0.2) is 0 Å². The smallest absolute Gasteiger partial charge is 0.0636 e. The molecule has 2 aromatic carbocycles. The van der Waals surface area contributed by atoms with E-state index in [1.54, 1.807) is 0 Å². The quantitative estimate of drug-likeness (QED) is 0.358. The van der Waals surface area contributed by atoms with Crippen molar-refractivity contribution in [2.75, 3.05) is 0 Å². The lowest BCUT2D eigenvalue weighted by Crippen LogP contribution is -1.98. The summed E-state index contributed by atoms with van der Waals surface area (Å²) < 4.78 is 0. The zero-order chi connectivity index (χ0) is 20.9. The third-order valence-corrected chi connectivity index (χ3v) is 4.47. The first kappa shape index (κ1) is 23.0. The molecule has 1 atom stereocenters. The Kier molecular flexibility index (Phi) is 10.2. The van der Waals surface area contributed by atoms with E-state index < -0.39 is 0 Å². The van der Waals surface area contributed by atoms with Crippen LogP contribution in [0.1, 0.15) is 55.9 Å². The second-order valence-corrected chi connectivity index (χ2v) is 6.27. The number of hydrogen-bond acceptors (Lipinski definition) is 0. The minimum absolute atomic E-state index is 0.0584. The van der Waals surface area contributed by atoms with Crippen LogP contribution in [-0.4, -0.2) is 0 Å². The molecule has 2 aromatic rings. The molecular formula is C28H32. The van der Waals surface area contributed by atoms with Crippen molar-refractivity contribution >= 4 is 11.6 Å². The fourth-order valence-electron chi connectivity index (χ4n) is 3.05. The van der Waals surface area contributed by atoms with Gasteiger partial charge in [0.2, 0.25) is 0 Å². The molecule has 2 rings (SSSR count). The molecular weight excluding hydrogens is 336 g/mol. The van der Waals surface area contributed by atoms with Gasteiger partial charge in [-0.25, -0.2) is 0 Å². The van der Waals surface area contributed by atoms with Crippen molar-refractivity contribution in [1.29, 1.82) is 0 Å². The van der Waals surface area contributed by atoms with Crippen LogP contribution in [0.2, 0.25) is 0 Å². The molecule has 0 nitrogen and oxygen atoms in total. The van der Waals surface area contributed by atoms with E-state index in [4.69, 9.17) is 6.42 Å². The minimum Gasteiger partial charge on any atom is -0.119 e. The van der Waals surface area contributed by atoms with Crippen LogP contribution in [-0.2, 0) is 0 Å².